The van der Waals surface area contributed by atoms with E-state index in [4.69, 9.17) is 18.2 Å². The van der Waals surface area contributed by atoms with E-state index in [1.807, 2.05) is 26.9 Å². The van der Waals surface area contributed by atoms with E-state index in [0.29, 0.717) is 16.8 Å². The molecule has 0 aliphatic carbocycles. The van der Waals surface area contributed by atoms with Gasteiger partial charge in [-0.3, -0.25) is 14.2 Å². The Morgan fingerprint density at radius 2 is 1.62 bits per heavy atom. The number of esters is 1. The maximum Gasteiger partial charge on any atom is 0.331 e. The van der Waals surface area contributed by atoms with E-state index in [1.165, 1.54) is 44.5 Å². The van der Waals surface area contributed by atoms with Crippen molar-refractivity contribution in [2.24, 2.45) is 0 Å². The summed E-state index contributed by atoms with van der Waals surface area (Å²) >= 11 is 0. The fourth-order valence-corrected chi connectivity index (χ4v) is 9.48. The number of allylic oxidation sites excluding steroid dienone is 1. The fraction of sp³-hybridized carbons (Fsp3) is 0.588. The summed E-state index contributed by atoms with van der Waals surface area (Å²) in [6.45, 7) is 17.4. The highest BCUT2D eigenvalue weighted by molar-refractivity contribution is 7.93. The number of rotatable bonds is 19. The molecule has 1 aromatic carbocycles. The number of carbonyl (C=O) groups excluding carboxylic acids is 2. The maximum absolute atomic E-state index is 14.0. The molecule has 1 atom stereocenters. The predicted octanol–water partition coefficient (Wildman–Crippen LogP) is 7.36. The monoisotopic (exact) mass is 757 g/mol. The smallest absolute Gasteiger partial charge is 0.331 e. The summed E-state index contributed by atoms with van der Waals surface area (Å²) in [4.78, 5) is 34.9. The Bertz CT molecular complexity index is 1650. The van der Waals surface area contributed by atoms with Crippen molar-refractivity contribution in [3.63, 3.8) is 0 Å². The van der Waals surface area contributed by atoms with Crippen LogP contribution in [0.1, 0.15) is 78.5 Å². The van der Waals surface area contributed by atoms with E-state index in [2.05, 4.69) is 30.7 Å². The van der Waals surface area contributed by atoms with Crippen LogP contribution >= 0.6 is 7.60 Å². The van der Waals surface area contributed by atoms with Crippen LogP contribution in [0.5, 0.6) is 0 Å². The van der Waals surface area contributed by atoms with Gasteiger partial charge < -0.3 is 18.2 Å². The van der Waals surface area contributed by atoms with E-state index < -0.39 is 49.6 Å². The van der Waals surface area contributed by atoms with Gasteiger partial charge in [-0.15, -0.1) is 0 Å². The van der Waals surface area contributed by atoms with Gasteiger partial charge in [-0.1, -0.05) is 34.6 Å². The molecule has 0 fully saturated rings. The minimum Gasteiger partial charge on any atom is -0.469 e. The number of hydrogen-bond donors (Lipinski definition) is 0. The van der Waals surface area contributed by atoms with Gasteiger partial charge >= 0.3 is 13.6 Å². The summed E-state index contributed by atoms with van der Waals surface area (Å²) in [7, 11) is -7.57. The quantitative estimate of drug-likeness (QED) is 0.0612. The van der Waals surface area contributed by atoms with Gasteiger partial charge in [0.05, 0.1) is 56.2 Å². The van der Waals surface area contributed by atoms with Crippen molar-refractivity contribution in [3.8, 4) is 11.3 Å². The minimum absolute atomic E-state index is 0.0854. The molecule has 0 bridgehead atoms. The lowest BCUT2D eigenvalue weighted by molar-refractivity contribution is -0.142. The largest absolute Gasteiger partial charge is 0.469 e. The van der Waals surface area contributed by atoms with E-state index in [-0.39, 0.29) is 60.6 Å². The highest BCUT2D eigenvalue weighted by Crippen LogP contribution is 2.48. The van der Waals surface area contributed by atoms with Crippen molar-refractivity contribution in [2.45, 2.75) is 91.5 Å². The van der Waals surface area contributed by atoms with Gasteiger partial charge in [0.15, 0.2) is 14.1 Å². The molecule has 16 heteroatoms. The molecule has 0 aliphatic heterocycles. The Morgan fingerprint density at radius 3 is 2.12 bits per heavy atom. The molecule has 0 radical (unpaired) electrons. The number of ketones is 1. The van der Waals surface area contributed by atoms with Gasteiger partial charge in [0.2, 0.25) is 16.0 Å². The topological polar surface area (TPSA) is 151 Å². The highest BCUT2D eigenvalue weighted by Gasteiger charge is 2.40. The van der Waals surface area contributed by atoms with Crippen LogP contribution in [0.4, 0.5) is 10.3 Å². The van der Waals surface area contributed by atoms with Crippen molar-refractivity contribution in [1.29, 1.82) is 0 Å². The lowest BCUT2D eigenvalue weighted by atomic mass is 9.97. The van der Waals surface area contributed by atoms with Crippen LogP contribution in [-0.4, -0.2) is 83.8 Å². The summed E-state index contributed by atoms with van der Waals surface area (Å²) in [5.74, 6) is -2.30. The maximum atomic E-state index is 14.0. The Labute approximate surface area is 297 Å². The number of hydrogen-bond acceptors (Lipinski definition) is 11. The zero-order valence-corrected chi connectivity index (χ0v) is 33.8. The van der Waals surface area contributed by atoms with Crippen molar-refractivity contribution in [1.82, 2.24) is 9.97 Å². The van der Waals surface area contributed by atoms with Gasteiger partial charge in [-0.25, -0.2) is 27.1 Å². The summed E-state index contributed by atoms with van der Waals surface area (Å²) in [5.41, 5.74) is 1.58. The number of ether oxygens (including phenoxy) is 1. The van der Waals surface area contributed by atoms with Crippen molar-refractivity contribution < 1.29 is 45.2 Å². The number of aromatic nitrogens is 2. The summed E-state index contributed by atoms with van der Waals surface area (Å²) in [6, 6.07) is 5.50. The van der Waals surface area contributed by atoms with E-state index >= 15 is 0 Å². The van der Waals surface area contributed by atoms with Crippen LogP contribution < -0.4 is 4.31 Å². The average molecular weight is 758 g/mol. The number of halogens is 1. The average Bonchev–Trinajstić information content (AvgIpc) is 3.02. The lowest BCUT2D eigenvalue weighted by Gasteiger charge is -2.39. The van der Waals surface area contributed by atoms with E-state index in [9.17, 15) is 27.0 Å². The van der Waals surface area contributed by atoms with Crippen LogP contribution in [-0.2, 0) is 42.4 Å². The Morgan fingerprint density at radius 1 is 1.04 bits per heavy atom. The van der Waals surface area contributed by atoms with Gasteiger partial charge in [0, 0.05) is 24.6 Å². The van der Waals surface area contributed by atoms with Gasteiger partial charge in [-0.2, -0.15) is 0 Å². The molecular formula is C34H53FN3O9PSSi. The number of carbonyl (C=O) groups is 2. The van der Waals surface area contributed by atoms with Crippen LogP contribution in [0.3, 0.4) is 0 Å². The summed E-state index contributed by atoms with van der Waals surface area (Å²) in [6.07, 6.45) is 1.65. The number of benzene rings is 1. The Hall–Kier alpha value is -2.81. The Kier molecular flexibility index (Phi) is 15.7. The third-order valence-electron chi connectivity index (χ3n) is 8.36. The first-order chi connectivity index (χ1) is 23.1. The molecule has 0 saturated heterocycles. The second kappa shape index (κ2) is 18.1. The standard InChI is InChI=1S/C34H53FN3O9PSSi/c1-12-45-48(41,46-13-2)20-21-49(42,43)38(8)33-36-31(24(3)4)29(32(37-33)25-14-16-26(35)17-15-25)19-18-27(39)22-28(23-30(40)44-9)47-50(10,11)34(5,6)7/h14-19,24,28H,12-13,20-23H2,1-11H3/b19-18+/t28-/m1/s1. The first kappa shape index (κ1) is 43.4. The predicted molar refractivity (Wildman–Crippen MR) is 197 cm³/mol. The molecule has 0 saturated carbocycles. The molecule has 0 unspecified atom stereocenters. The van der Waals surface area contributed by atoms with Crippen molar-refractivity contribution in [3.05, 3.63) is 47.4 Å². The van der Waals surface area contributed by atoms with Gasteiger partial charge in [0.1, 0.15) is 5.82 Å². The number of methoxy groups -OCH3 is 1. The number of sulfonamides is 1. The van der Waals surface area contributed by atoms with Crippen LogP contribution in [0.25, 0.3) is 17.3 Å². The molecule has 50 heavy (non-hydrogen) atoms. The van der Waals surface area contributed by atoms with Crippen LogP contribution in [0.15, 0.2) is 30.3 Å². The summed E-state index contributed by atoms with van der Waals surface area (Å²) in [5, 5.41) is -0.164. The molecule has 0 spiro atoms. The second-order valence-electron chi connectivity index (χ2n) is 13.6. The molecule has 2 rings (SSSR count). The lowest BCUT2D eigenvalue weighted by Crippen LogP contribution is -2.44. The first-order valence-electron chi connectivity index (χ1n) is 16.6. The van der Waals surface area contributed by atoms with E-state index in [1.54, 1.807) is 19.9 Å². The first-order valence-corrected chi connectivity index (χ1v) is 22.8. The molecule has 12 nitrogen and oxygen atoms in total. The van der Waals surface area contributed by atoms with Crippen molar-refractivity contribution in [2.75, 3.05) is 43.6 Å². The molecule has 280 valence electrons. The van der Waals surface area contributed by atoms with Crippen LogP contribution in [0, 0.1) is 5.82 Å². The third-order valence-corrected chi connectivity index (χ3v) is 17.0. The minimum atomic E-state index is -4.13. The SMILES string of the molecule is CCOP(=O)(CCS(=O)(=O)N(C)c1nc(-c2ccc(F)cc2)c(/C=C/C(=O)C[C@H](CC(=O)OC)O[Si](C)(C)C(C)(C)C)c(C(C)C)n1)OCC. The second-order valence-corrected chi connectivity index (χ2v) is 22.6. The Balaban J connectivity index is 2.61. The normalized spacial score (nSPS) is 13.5. The van der Waals surface area contributed by atoms with E-state index in [0.717, 1.165) is 4.31 Å². The van der Waals surface area contributed by atoms with Gasteiger partial charge in [0.25, 0.3) is 0 Å². The number of nitrogens with zero attached hydrogens (tertiary/aromatic N) is 3. The molecule has 0 amide bonds. The van der Waals surface area contributed by atoms with Crippen LogP contribution in [0.2, 0.25) is 18.1 Å². The highest BCUT2D eigenvalue weighted by atomic mass is 32.2. The molecule has 1 heterocycles. The molecular weight excluding hydrogens is 705 g/mol. The molecule has 0 N–H and O–H groups in total. The van der Waals surface area contributed by atoms with Crippen molar-refractivity contribution >= 4 is 49.7 Å². The van der Waals surface area contributed by atoms with Gasteiger partial charge in [-0.05, 0) is 74.3 Å². The summed E-state index contributed by atoms with van der Waals surface area (Å²) < 4.78 is 76.7. The number of anilines is 1. The fourth-order valence-electron chi connectivity index (χ4n) is 4.58. The zero-order valence-electron chi connectivity index (χ0n) is 31.1. The molecule has 0 aliphatic rings. The molecule has 1 aromatic heterocycles. The molecule has 2 aromatic rings. The zero-order chi connectivity index (χ0) is 38.1. The third kappa shape index (κ3) is 12.2.